The van der Waals surface area contributed by atoms with Gasteiger partial charge in [-0.2, -0.15) is 8.78 Å². The van der Waals surface area contributed by atoms with E-state index in [4.69, 9.17) is 23.2 Å². The molecule has 7 heteroatoms. The van der Waals surface area contributed by atoms with Gasteiger partial charge in [-0.1, -0.05) is 41.4 Å². The zero-order chi connectivity index (χ0) is 15.5. The van der Waals surface area contributed by atoms with E-state index in [1.165, 1.54) is 42.5 Å². The van der Waals surface area contributed by atoms with Gasteiger partial charge in [0.2, 0.25) is 0 Å². The minimum atomic E-state index is -4.02. The van der Waals surface area contributed by atoms with Crippen molar-refractivity contribution in [2.75, 3.05) is 5.32 Å². The molecule has 0 bridgehead atoms. The fourth-order valence-corrected chi connectivity index (χ4v) is 1.76. The van der Waals surface area contributed by atoms with Crippen LogP contribution >= 0.6 is 23.2 Å². The zero-order valence-electron chi connectivity index (χ0n) is 10.4. The van der Waals surface area contributed by atoms with Crippen LogP contribution in [0.2, 0.25) is 10.0 Å². The van der Waals surface area contributed by atoms with E-state index in [-0.39, 0.29) is 21.5 Å². The van der Waals surface area contributed by atoms with E-state index in [0.29, 0.717) is 0 Å². The monoisotopic (exact) mass is 331 g/mol. The lowest BCUT2D eigenvalue weighted by Gasteiger charge is -2.17. The lowest BCUT2D eigenvalue weighted by molar-refractivity contribution is -0.187. The summed E-state index contributed by atoms with van der Waals surface area (Å²) in [5.74, 6) is -1.73. The first kappa shape index (κ1) is 15.5. The predicted octanol–water partition coefficient (Wildman–Crippen LogP) is 4.60. The third kappa shape index (κ3) is 4.06. The average Bonchev–Trinajstić information content (AvgIpc) is 2.43. The van der Waals surface area contributed by atoms with E-state index in [2.05, 4.69) is 4.74 Å². The molecule has 1 amide bonds. The van der Waals surface area contributed by atoms with Crippen LogP contribution in [0.25, 0.3) is 0 Å². The van der Waals surface area contributed by atoms with Gasteiger partial charge in [0.15, 0.2) is 0 Å². The number of ether oxygens (including phenoxy) is 1. The number of nitrogens with one attached hydrogen (secondary N) is 1. The third-order valence-corrected chi connectivity index (χ3v) is 3.17. The van der Waals surface area contributed by atoms with Gasteiger partial charge in [0.1, 0.15) is 5.75 Å². The molecule has 2 aromatic rings. The van der Waals surface area contributed by atoms with Gasteiger partial charge in [-0.15, -0.1) is 0 Å². The summed E-state index contributed by atoms with van der Waals surface area (Å²) in [6.07, 6.45) is -4.02. The van der Waals surface area contributed by atoms with E-state index in [1.54, 1.807) is 6.07 Å². The van der Waals surface area contributed by atoms with Crippen molar-refractivity contribution >= 4 is 34.8 Å². The van der Waals surface area contributed by atoms with E-state index in [1.807, 2.05) is 5.32 Å². The molecule has 0 fully saturated rings. The van der Waals surface area contributed by atoms with Crippen molar-refractivity contribution in [3.63, 3.8) is 0 Å². The quantitative estimate of drug-likeness (QED) is 0.888. The fraction of sp³-hybridized carbons (Fsp3) is 0.0714. The molecule has 2 aromatic carbocycles. The molecular formula is C14H9Cl2F2NO2. The number of hydrogen-bond donors (Lipinski definition) is 1. The summed E-state index contributed by atoms with van der Waals surface area (Å²) >= 11 is 11.4. The van der Waals surface area contributed by atoms with Gasteiger partial charge in [0.05, 0.1) is 10.0 Å². The van der Waals surface area contributed by atoms with Crippen LogP contribution in [-0.4, -0.2) is 12.0 Å². The first-order valence-electron chi connectivity index (χ1n) is 5.77. The Labute approximate surface area is 129 Å². The first-order valence-corrected chi connectivity index (χ1v) is 6.52. The molecule has 0 aliphatic heterocycles. The van der Waals surface area contributed by atoms with Crippen LogP contribution in [0.3, 0.4) is 0 Å². The van der Waals surface area contributed by atoms with E-state index in [9.17, 15) is 13.6 Å². The Morgan fingerprint density at radius 2 is 1.71 bits per heavy atom. The summed E-state index contributed by atoms with van der Waals surface area (Å²) in [7, 11) is 0. The highest BCUT2D eigenvalue weighted by Gasteiger charge is 2.42. The summed E-state index contributed by atoms with van der Waals surface area (Å²) in [6, 6.07) is 11.3. The summed E-state index contributed by atoms with van der Waals surface area (Å²) in [6.45, 7) is 0. The number of alkyl halides is 2. The largest absolute Gasteiger partial charge is 0.482 e. The number of benzene rings is 2. The smallest absolute Gasteiger partial charge is 0.425 e. The Hall–Kier alpha value is -1.85. The number of hydrogen-bond acceptors (Lipinski definition) is 2. The van der Waals surface area contributed by atoms with Crippen molar-refractivity contribution in [3.8, 4) is 5.75 Å². The highest BCUT2D eigenvalue weighted by Crippen LogP contribution is 2.27. The van der Waals surface area contributed by atoms with E-state index < -0.39 is 12.0 Å². The van der Waals surface area contributed by atoms with Crippen molar-refractivity contribution in [2.45, 2.75) is 6.11 Å². The maximum atomic E-state index is 13.7. The van der Waals surface area contributed by atoms with Gasteiger partial charge >= 0.3 is 12.0 Å². The second-order valence-corrected chi connectivity index (χ2v) is 4.83. The Morgan fingerprint density at radius 3 is 2.33 bits per heavy atom. The minimum Gasteiger partial charge on any atom is -0.425 e. The molecule has 0 saturated heterocycles. The Morgan fingerprint density at radius 1 is 1.05 bits per heavy atom. The number of carbonyl (C=O) groups excluding carboxylic acids is 1. The van der Waals surface area contributed by atoms with Crippen LogP contribution in [0.15, 0.2) is 48.5 Å². The van der Waals surface area contributed by atoms with Crippen LogP contribution in [0.5, 0.6) is 5.75 Å². The topological polar surface area (TPSA) is 38.3 Å². The predicted molar refractivity (Wildman–Crippen MR) is 77.1 cm³/mol. The average molecular weight is 332 g/mol. The lowest BCUT2D eigenvalue weighted by atomic mass is 10.3. The fourth-order valence-electron chi connectivity index (χ4n) is 1.46. The van der Waals surface area contributed by atoms with Crippen molar-refractivity contribution in [1.82, 2.24) is 0 Å². The molecule has 0 saturated carbocycles. The maximum absolute atomic E-state index is 13.7. The highest BCUT2D eigenvalue weighted by atomic mass is 35.5. The number of para-hydroxylation sites is 1. The molecule has 110 valence electrons. The zero-order valence-corrected chi connectivity index (χ0v) is 12.0. The van der Waals surface area contributed by atoms with Gasteiger partial charge < -0.3 is 10.1 Å². The number of rotatable bonds is 4. The molecule has 0 unspecified atom stereocenters. The van der Waals surface area contributed by atoms with Gasteiger partial charge in [0.25, 0.3) is 0 Å². The van der Waals surface area contributed by atoms with Crippen LogP contribution in [-0.2, 0) is 4.79 Å². The Bertz CT molecular complexity index is 651. The first-order chi connectivity index (χ1) is 9.88. The molecule has 0 aliphatic rings. The summed E-state index contributed by atoms with van der Waals surface area (Å²) in [4.78, 5) is 11.6. The van der Waals surface area contributed by atoms with Crippen molar-refractivity contribution in [2.24, 2.45) is 0 Å². The number of amides is 1. The Kier molecular flexibility index (Phi) is 4.65. The second-order valence-electron chi connectivity index (χ2n) is 4.01. The van der Waals surface area contributed by atoms with Crippen molar-refractivity contribution in [3.05, 3.63) is 58.6 Å². The van der Waals surface area contributed by atoms with E-state index in [0.717, 1.165) is 0 Å². The third-order valence-electron chi connectivity index (χ3n) is 2.43. The van der Waals surface area contributed by atoms with E-state index >= 15 is 0 Å². The lowest BCUT2D eigenvalue weighted by Crippen LogP contribution is -2.39. The van der Waals surface area contributed by atoms with Gasteiger partial charge in [0, 0.05) is 5.69 Å². The minimum absolute atomic E-state index is 0.0886. The summed E-state index contributed by atoms with van der Waals surface area (Å²) < 4.78 is 31.7. The number of halogens is 4. The van der Waals surface area contributed by atoms with Gasteiger partial charge in [-0.05, 0) is 30.3 Å². The molecule has 0 atom stereocenters. The molecule has 0 spiro atoms. The molecule has 21 heavy (non-hydrogen) atoms. The second kappa shape index (κ2) is 6.28. The van der Waals surface area contributed by atoms with Crippen molar-refractivity contribution in [1.29, 1.82) is 0 Å². The summed E-state index contributed by atoms with van der Waals surface area (Å²) in [5.41, 5.74) is 0.0886. The van der Waals surface area contributed by atoms with Crippen molar-refractivity contribution < 1.29 is 18.3 Å². The summed E-state index contributed by atoms with van der Waals surface area (Å²) in [5, 5.41) is 2.41. The van der Waals surface area contributed by atoms with Gasteiger partial charge in [-0.3, -0.25) is 4.79 Å². The maximum Gasteiger partial charge on any atom is 0.482 e. The molecule has 0 aromatic heterocycles. The molecule has 0 heterocycles. The van der Waals surface area contributed by atoms with Crippen LogP contribution in [0.1, 0.15) is 0 Å². The SMILES string of the molecule is O=C(Nc1ccc(Cl)c(Cl)c1)C(F)(F)Oc1ccccc1. The molecule has 2 rings (SSSR count). The standard InChI is InChI=1S/C14H9Cl2F2NO2/c15-11-7-6-9(8-12(11)16)19-13(20)14(17,18)21-10-4-2-1-3-5-10/h1-8H,(H,19,20). The Balaban J connectivity index is 2.09. The molecular weight excluding hydrogens is 323 g/mol. The van der Waals surface area contributed by atoms with Crippen LogP contribution < -0.4 is 10.1 Å². The normalized spacial score (nSPS) is 11.0. The van der Waals surface area contributed by atoms with Crippen LogP contribution in [0.4, 0.5) is 14.5 Å². The molecule has 3 nitrogen and oxygen atoms in total. The number of anilines is 1. The molecule has 0 radical (unpaired) electrons. The molecule has 0 aliphatic carbocycles. The van der Waals surface area contributed by atoms with Crippen LogP contribution in [0, 0.1) is 0 Å². The van der Waals surface area contributed by atoms with Gasteiger partial charge in [-0.25, -0.2) is 0 Å². The highest BCUT2D eigenvalue weighted by molar-refractivity contribution is 6.42. The number of carbonyl (C=O) groups is 1. The molecule has 1 N–H and O–H groups in total.